The predicted molar refractivity (Wildman–Crippen MR) is 171 cm³/mol. The maximum atomic E-state index is 14.3. The lowest BCUT2D eigenvalue weighted by Crippen LogP contribution is -2.66. The molecule has 238 valence electrons. The van der Waals surface area contributed by atoms with Crippen molar-refractivity contribution in [3.8, 4) is 0 Å². The molecule has 1 aliphatic heterocycles. The van der Waals surface area contributed by atoms with Gasteiger partial charge in [0.2, 0.25) is 24.1 Å². The molecule has 0 aromatic heterocycles. The Morgan fingerprint density at radius 3 is 2.20 bits per heavy atom. The maximum absolute atomic E-state index is 14.3. The van der Waals surface area contributed by atoms with Crippen molar-refractivity contribution in [2.75, 3.05) is 32.2 Å². The molecule has 4 atom stereocenters. The standard InChI is InChI=1S/C33H44N4O6S/c1-23(2)19-27(35-30(39)26(34-22-38)15-18-44-4)31(40)36-16-17-37(32(41)28(36)20-24-11-7-5-8-12-24)29(33(42)43-3)21-25-13-9-6-10-14-25/h5-14,22-23,26-29H,15-21H2,1-4H3,(H,34,38)(H,35,39). The number of nitrogens with one attached hydrogen (secondary N) is 2. The molecule has 0 radical (unpaired) electrons. The van der Waals surface area contributed by atoms with Crippen molar-refractivity contribution in [1.82, 2.24) is 20.4 Å². The van der Waals surface area contributed by atoms with Crippen LogP contribution < -0.4 is 10.6 Å². The number of hydrogen-bond acceptors (Lipinski definition) is 7. The van der Waals surface area contributed by atoms with E-state index in [2.05, 4.69) is 10.6 Å². The first-order valence-corrected chi connectivity index (χ1v) is 16.3. The molecule has 0 spiro atoms. The van der Waals surface area contributed by atoms with Crippen LogP contribution in [0.15, 0.2) is 60.7 Å². The molecule has 10 nitrogen and oxygen atoms in total. The zero-order valence-corrected chi connectivity index (χ0v) is 26.8. The van der Waals surface area contributed by atoms with Gasteiger partial charge in [0.05, 0.1) is 7.11 Å². The third kappa shape index (κ3) is 9.57. The molecule has 4 amide bonds. The van der Waals surface area contributed by atoms with Gasteiger partial charge in [0, 0.05) is 25.9 Å². The third-order valence-corrected chi connectivity index (χ3v) is 8.36. The van der Waals surface area contributed by atoms with E-state index in [1.54, 1.807) is 16.7 Å². The average Bonchev–Trinajstić information content (AvgIpc) is 3.02. The molecule has 1 saturated heterocycles. The van der Waals surface area contributed by atoms with Gasteiger partial charge in [-0.25, -0.2) is 4.79 Å². The highest BCUT2D eigenvalue weighted by molar-refractivity contribution is 7.98. The Hall–Kier alpha value is -3.86. The van der Waals surface area contributed by atoms with Crippen LogP contribution in [-0.4, -0.2) is 96.3 Å². The Bertz CT molecular complexity index is 1250. The molecule has 0 bridgehead atoms. The highest BCUT2D eigenvalue weighted by Gasteiger charge is 2.44. The number of carbonyl (C=O) groups excluding carboxylic acids is 5. The number of carbonyl (C=O) groups is 5. The molecule has 2 aromatic carbocycles. The Labute approximate surface area is 264 Å². The van der Waals surface area contributed by atoms with Crippen LogP contribution in [0.5, 0.6) is 0 Å². The van der Waals surface area contributed by atoms with Gasteiger partial charge in [0.1, 0.15) is 24.2 Å². The smallest absolute Gasteiger partial charge is 0.328 e. The molecule has 1 heterocycles. The fourth-order valence-corrected chi connectivity index (χ4v) is 5.95. The van der Waals surface area contributed by atoms with Crippen LogP contribution >= 0.6 is 11.8 Å². The van der Waals surface area contributed by atoms with Crippen LogP contribution in [0.4, 0.5) is 0 Å². The topological polar surface area (TPSA) is 125 Å². The number of methoxy groups -OCH3 is 1. The fraction of sp³-hybridized carbons (Fsp3) is 0.485. The number of thioether (sulfide) groups is 1. The van der Waals surface area contributed by atoms with Gasteiger partial charge in [-0.1, -0.05) is 74.5 Å². The number of esters is 1. The SMILES string of the molecule is COC(=O)C(Cc1ccccc1)N1CCN(C(=O)C(CC(C)C)NC(=O)C(CCSC)NC=O)C(Cc2ccccc2)C1=O. The summed E-state index contributed by atoms with van der Waals surface area (Å²) in [5.74, 6) is -0.968. The van der Waals surface area contributed by atoms with Gasteiger partial charge in [0.25, 0.3) is 0 Å². The fourth-order valence-electron chi connectivity index (χ4n) is 5.48. The molecule has 11 heteroatoms. The summed E-state index contributed by atoms with van der Waals surface area (Å²) in [6, 6.07) is 15.4. The second-order valence-corrected chi connectivity index (χ2v) is 12.3. The summed E-state index contributed by atoms with van der Waals surface area (Å²) < 4.78 is 5.12. The molecule has 4 unspecified atom stereocenters. The van der Waals surface area contributed by atoms with Gasteiger partial charge in [-0.3, -0.25) is 19.2 Å². The van der Waals surface area contributed by atoms with Gasteiger partial charge in [-0.05, 0) is 41.9 Å². The maximum Gasteiger partial charge on any atom is 0.328 e. The van der Waals surface area contributed by atoms with E-state index in [9.17, 15) is 24.0 Å². The average molecular weight is 625 g/mol. The monoisotopic (exact) mass is 624 g/mol. The lowest BCUT2D eigenvalue weighted by Gasteiger charge is -2.44. The number of benzene rings is 2. The minimum atomic E-state index is -0.897. The number of hydrogen-bond donors (Lipinski definition) is 2. The molecule has 1 fully saturated rings. The second kappa shape index (κ2) is 17.4. The van der Waals surface area contributed by atoms with E-state index in [1.807, 2.05) is 80.8 Å². The van der Waals surface area contributed by atoms with E-state index in [4.69, 9.17) is 4.74 Å². The molecular weight excluding hydrogens is 580 g/mol. The first-order valence-electron chi connectivity index (χ1n) is 15.0. The van der Waals surface area contributed by atoms with Gasteiger partial charge in [0.15, 0.2) is 0 Å². The summed E-state index contributed by atoms with van der Waals surface area (Å²) in [7, 11) is 1.30. The first-order chi connectivity index (χ1) is 21.2. The van der Waals surface area contributed by atoms with Crippen LogP contribution in [0.1, 0.15) is 37.8 Å². The number of rotatable bonds is 16. The summed E-state index contributed by atoms with van der Waals surface area (Å²) in [6.45, 7) is 4.22. The van der Waals surface area contributed by atoms with E-state index >= 15 is 0 Å². The van der Waals surface area contributed by atoms with Crippen molar-refractivity contribution in [3.63, 3.8) is 0 Å². The van der Waals surface area contributed by atoms with Crippen LogP contribution in [0, 0.1) is 5.92 Å². The summed E-state index contributed by atoms with van der Waals surface area (Å²) >= 11 is 1.55. The molecule has 0 aliphatic carbocycles. The summed E-state index contributed by atoms with van der Waals surface area (Å²) in [5.41, 5.74) is 1.74. The molecule has 3 rings (SSSR count). The van der Waals surface area contributed by atoms with Crippen molar-refractivity contribution >= 4 is 41.9 Å². The van der Waals surface area contributed by atoms with Crippen molar-refractivity contribution in [2.45, 2.75) is 63.7 Å². The highest BCUT2D eigenvalue weighted by Crippen LogP contribution is 2.23. The second-order valence-electron chi connectivity index (χ2n) is 11.3. The van der Waals surface area contributed by atoms with E-state index < -0.39 is 36.0 Å². The predicted octanol–water partition coefficient (Wildman–Crippen LogP) is 2.45. The van der Waals surface area contributed by atoms with Gasteiger partial charge in [-0.15, -0.1) is 0 Å². The summed E-state index contributed by atoms with van der Waals surface area (Å²) in [5, 5.41) is 5.43. The highest BCUT2D eigenvalue weighted by atomic mass is 32.2. The van der Waals surface area contributed by atoms with E-state index in [0.29, 0.717) is 25.0 Å². The zero-order chi connectivity index (χ0) is 32.1. The van der Waals surface area contributed by atoms with Crippen molar-refractivity contribution in [3.05, 3.63) is 71.8 Å². The normalized spacial score (nSPS) is 17.0. The lowest BCUT2D eigenvalue weighted by atomic mass is 9.95. The Morgan fingerprint density at radius 2 is 1.64 bits per heavy atom. The molecule has 1 aliphatic rings. The molecule has 2 N–H and O–H groups in total. The number of ether oxygens (including phenoxy) is 1. The van der Waals surface area contributed by atoms with Crippen LogP contribution in [0.25, 0.3) is 0 Å². The van der Waals surface area contributed by atoms with Crippen LogP contribution in [0.3, 0.4) is 0 Å². The van der Waals surface area contributed by atoms with E-state index in [1.165, 1.54) is 12.0 Å². The minimum Gasteiger partial charge on any atom is -0.467 e. The first kappa shape index (κ1) is 34.6. The van der Waals surface area contributed by atoms with Gasteiger partial charge in [-0.2, -0.15) is 11.8 Å². The molecule has 2 aromatic rings. The van der Waals surface area contributed by atoms with Crippen molar-refractivity contribution in [1.29, 1.82) is 0 Å². The largest absolute Gasteiger partial charge is 0.467 e. The van der Waals surface area contributed by atoms with Crippen molar-refractivity contribution < 1.29 is 28.7 Å². The minimum absolute atomic E-state index is 0.0621. The van der Waals surface area contributed by atoms with Crippen molar-refractivity contribution in [2.24, 2.45) is 5.92 Å². The number of piperazine rings is 1. The summed E-state index contributed by atoms with van der Waals surface area (Å²) in [4.78, 5) is 69.0. The Balaban J connectivity index is 1.93. The Morgan fingerprint density at radius 1 is 1.00 bits per heavy atom. The quantitative estimate of drug-likeness (QED) is 0.217. The molecule has 0 saturated carbocycles. The third-order valence-electron chi connectivity index (χ3n) is 7.72. The van der Waals surface area contributed by atoms with Crippen LogP contribution in [-0.2, 0) is 41.6 Å². The molecular formula is C33H44N4O6S. The van der Waals surface area contributed by atoms with Gasteiger partial charge >= 0.3 is 5.97 Å². The Kier molecular flexibility index (Phi) is 13.7. The van der Waals surface area contributed by atoms with E-state index in [0.717, 1.165) is 11.1 Å². The lowest BCUT2D eigenvalue weighted by molar-refractivity contribution is -0.162. The number of nitrogens with zero attached hydrogens (tertiary/aromatic N) is 2. The number of amides is 4. The summed E-state index contributed by atoms with van der Waals surface area (Å²) in [6.07, 6.45) is 3.69. The van der Waals surface area contributed by atoms with Gasteiger partial charge < -0.3 is 25.2 Å². The van der Waals surface area contributed by atoms with Crippen LogP contribution in [0.2, 0.25) is 0 Å². The van der Waals surface area contributed by atoms with E-state index in [-0.39, 0.29) is 43.7 Å². The zero-order valence-electron chi connectivity index (χ0n) is 25.9. The molecule has 44 heavy (non-hydrogen) atoms.